The van der Waals surface area contributed by atoms with Crippen LogP contribution in [0.5, 0.6) is 5.75 Å². The van der Waals surface area contributed by atoms with Crippen LogP contribution in [-0.4, -0.2) is 28.8 Å². The Labute approximate surface area is 135 Å². The van der Waals surface area contributed by atoms with Crippen LogP contribution in [0.3, 0.4) is 0 Å². The molecule has 0 aliphatic carbocycles. The Kier molecular flexibility index (Phi) is 5.48. The van der Waals surface area contributed by atoms with E-state index in [-0.39, 0.29) is 24.0 Å². The first-order chi connectivity index (χ1) is 11.3. The van der Waals surface area contributed by atoms with Crippen molar-refractivity contribution in [2.45, 2.75) is 31.9 Å². The predicted octanol–water partition coefficient (Wildman–Crippen LogP) is 3.73. The number of hydrogen-bond acceptors (Lipinski definition) is 3. The maximum atomic E-state index is 12.0. The molecule has 1 aromatic carbocycles. The first kappa shape index (κ1) is 17.8. The van der Waals surface area contributed by atoms with Crippen LogP contribution < -0.4 is 10.2 Å². The van der Waals surface area contributed by atoms with Gasteiger partial charge in [-0.05, 0) is 31.4 Å². The maximum Gasteiger partial charge on any atom is 0.389 e. The lowest BCUT2D eigenvalue weighted by atomic mass is 10.1. The average Bonchev–Trinajstić information content (AvgIpc) is 2.49. The number of halogens is 3. The van der Waals surface area contributed by atoms with Gasteiger partial charge in [-0.15, -0.1) is 0 Å². The zero-order valence-corrected chi connectivity index (χ0v) is 12.7. The molecule has 0 aliphatic rings. The van der Waals surface area contributed by atoms with Crippen LogP contribution in [0, 0.1) is 0 Å². The molecule has 0 unspecified atom stereocenters. The minimum Gasteiger partial charge on any atom is -0.494 e. The molecule has 2 rings (SSSR count). The molecule has 0 bridgehead atoms. The topological polar surface area (TPSA) is 79.4 Å². The van der Waals surface area contributed by atoms with E-state index in [9.17, 15) is 22.8 Å². The van der Waals surface area contributed by atoms with Crippen LogP contribution in [-0.2, 0) is 0 Å². The smallest absolute Gasteiger partial charge is 0.389 e. The van der Waals surface area contributed by atoms with Crippen molar-refractivity contribution < 1.29 is 27.8 Å². The Morgan fingerprint density at radius 3 is 2.62 bits per heavy atom. The molecule has 0 radical (unpaired) electrons. The van der Waals surface area contributed by atoms with Crippen molar-refractivity contribution in [1.82, 2.24) is 4.98 Å². The molecule has 0 aliphatic heterocycles. The van der Waals surface area contributed by atoms with Gasteiger partial charge in [0.2, 0.25) is 5.43 Å². The van der Waals surface area contributed by atoms with Crippen LogP contribution in [0.25, 0.3) is 10.9 Å². The molecule has 1 aromatic heterocycles. The number of ether oxygens (including phenoxy) is 1. The van der Waals surface area contributed by atoms with E-state index in [2.05, 4.69) is 4.98 Å². The lowest BCUT2D eigenvalue weighted by molar-refractivity contribution is -0.135. The summed E-state index contributed by atoms with van der Waals surface area (Å²) in [7, 11) is 0. The number of aromatic nitrogens is 1. The van der Waals surface area contributed by atoms with Crippen molar-refractivity contribution in [2.24, 2.45) is 0 Å². The normalized spacial score (nSPS) is 11.6. The number of carboxylic acid groups (broad SMARTS) is 1. The molecule has 5 nitrogen and oxygen atoms in total. The lowest BCUT2D eigenvalue weighted by Crippen LogP contribution is -2.15. The molecule has 8 heteroatoms. The molecule has 130 valence electrons. The van der Waals surface area contributed by atoms with E-state index in [1.807, 2.05) is 0 Å². The van der Waals surface area contributed by atoms with Gasteiger partial charge in [-0.1, -0.05) is 0 Å². The highest BCUT2D eigenvalue weighted by atomic mass is 19.4. The summed E-state index contributed by atoms with van der Waals surface area (Å²) in [5.41, 5.74) is -0.504. The highest BCUT2D eigenvalue weighted by Crippen LogP contribution is 2.23. The van der Waals surface area contributed by atoms with Crippen molar-refractivity contribution in [2.75, 3.05) is 6.61 Å². The second-order valence-electron chi connectivity index (χ2n) is 5.32. The second-order valence-corrected chi connectivity index (χ2v) is 5.32. The Balaban J connectivity index is 1.93. The van der Waals surface area contributed by atoms with E-state index in [1.54, 1.807) is 6.07 Å². The number of aromatic amines is 1. The fourth-order valence-electron chi connectivity index (χ4n) is 2.24. The highest BCUT2D eigenvalue weighted by Gasteiger charge is 2.25. The number of H-pyrrole nitrogens is 1. The molecule has 0 saturated carbocycles. The molecule has 0 atom stereocenters. The third-order valence-electron chi connectivity index (χ3n) is 3.46. The average molecular weight is 343 g/mol. The third kappa shape index (κ3) is 4.74. The molecule has 0 fully saturated rings. The Morgan fingerprint density at radius 1 is 1.21 bits per heavy atom. The minimum atomic E-state index is -4.13. The molecule has 0 saturated heterocycles. The van der Waals surface area contributed by atoms with Gasteiger partial charge in [-0.2, -0.15) is 13.2 Å². The van der Waals surface area contributed by atoms with Crippen molar-refractivity contribution in [3.05, 3.63) is 40.2 Å². The van der Waals surface area contributed by atoms with Crippen LogP contribution >= 0.6 is 0 Å². The van der Waals surface area contributed by atoms with Crippen LogP contribution in [0.15, 0.2) is 29.2 Å². The van der Waals surface area contributed by atoms with Crippen molar-refractivity contribution in [3.8, 4) is 5.75 Å². The van der Waals surface area contributed by atoms with Gasteiger partial charge < -0.3 is 14.8 Å². The summed E-state index contributed by atoms with van der Waals surface area (Å²) >= 11 is 0. The fraction of sp³-hybridized carbons (Fsp3) is 0.375. The molecule has 2 N–H and O–H groups in total. The van der Waals surface area contributed by atoms with Gasteiger partial charge in [0.25, 0.3) is 0 Å². The highest BCUT2D eigenvalue weighted by molar-refractivity contribution is 5.92. The number of carbonyl (C=O) groups is 1. The number of nitrogens with one attached hydrogen (secondary N) is 1. The van der Waals surface area contributed by atoms with Gasteiger partial charge in [0.1, 0.15) is 11.3 Å². The maximum absolute atomic E-state index is 12.0. The number of hydrogen-bond donors (Lipinski definition) is 2. The largest absolute Gasteiger partial charge is 0.494 e. The van der Waals surface area contributed by atoms with Crippen LogP contribution in [0.1, 0.15) is 36.0 Å². The summed E-state index contributed by atoms with van der Waals surface area (Å²) in [5.74, 6) is -0.852. The summed E-state index contributed by atoms with van der Waals surface area (Å²) in [6, 6.07) is 4.54. The van der Waals surface area contributed by atoms with Crippen molar-refractivity contribution in [1.29, 1.82) is 0 Å². The van der Waals surface area contributed by atoms with Gasteiger partial charge >= 0.3 is 12.1 Å². The van der Waals surface area contributed by atoms with Crippen LogP contribution in [0.4, 0.5) is 13.2 Å². The molecule has 24 heavy (non-hydrogen) atoms. The molecule has 0 amide bonds. The minimum absolute atomic E-state index is 0.0653. The summed E-state index contributed by atoms with van der Waals surface area (Å²) < 4.78 is 41.4. The Bertz CT molecular complexity index is 783. The molecular formula is C16H16F3NO4. The number of unbranched alkanes of at least 4 members (excludes halogenated alkanes) is 2. The van der Waals surface area contributed by atoms with Crippen LogP contribution in [0.2, 0.25) is 0 Å². The SMILES string of the molecule is O=C(O)c1c[nH]c2cc(OCCCCCC(F)(F)F)ccc2c1=O. The van der Waals surface area contributed by atoms with Crippen molar-refractivity contribution in [3.63, 3.8) is 0 Å². The van der Waals surface area contributed by atoms with E-state index in [0.717, 1.165) is 6.20 Å². The first-order valence-corrected chi connectivity index (χ1v) is 7.36. The second kappa shape index (κ2) is 7.37. The van der Waals surface area contributed by atoms with E-state index >= 15 is 0 Å². The van der Waals surface area contributed by atoms with E-state index < -0.39 is 24.0 Å². The first-order valence-electron chi connectivity index (χ1n) is 7.36. The summed E-state index contributed by atoms with van der Waals surface area (Å²) in [4.78, 5) is 25.6. The van der Waals surface area contributed by atoms with E-state index in [4.69, 9.17) is 9.84 Å². The number of alkyl halides is 3. The van der Waals surface area contributed by atoms with Gasteiger partial charge in [0, 0.05) is 24.1 Å². The van der Waals surface area contributed by atoms with Gasteiger partial charge in [0.15, 0.2) is 0 Å². The standard InChI is InChI=1S/C16H16F3NO4/c17-16(18,19)6-2-1-3-7-24-10-4-5-11-13(8-10)20-9-12(14(11)21)15(22)23/h4-5,8-9H,1-3,6-7H2,(H,20,21)(H,22,23). The molecule has 0 spiro atoms. The third-order valence-corrected chi connectivity index (χ3v) is 3.46. The van der Waals surface area contributed by atoms with Crippen molar-refractivity contribution >= 4 is 16.9 Å². The van der Waals surface area contributed by atoms with Gasteiger partial charge in [0.05, 0.1) is 12.1 Å². The number of fused-ring (bicyclic) bond motifs is 1. The van der Waals surface area contributed by atoms with E-state index in [1.165, 1.54) is 12.1 Å². The Morgan fingerprint density at radius 2 is 1.96 bits per heavy atom. The summed E-state index contributed by atoms with van der Waals surface area (Å²) in [6.45, 7) is 0.265. The Hall–Kier alpha value is -2.51. The number of pyridine rings is 1. The zero-order chi connectivity index (χ0) is 17.7. The number of aromatic carboxylic acids is 1. The quantitative estimate of drug-likeness (QED) is 0.751. The fourth-order valence-corrected chi connectivity index (χ4v) is 2.24. The summed E-state index contributed by atoms with van der Waals surface area (Å²) in [6.07, 6.45) is -2.84. The number of carboxylic acids is 1. The monoisotopic (exact) mass is 343 g/mol. The number of rotatable bonds is 7. The van der Waals surface area contributed by atoms with Gasteiger partial charge in [-0.3, -0.25) is 4.79 Å². The zero-order valence-electron chi connectivity index (χ0n) is 12.7. The number of benzene rings is 1. The van der Waals surface area contributed by atoms with Gasteiger partial charge in [-0.25, -0.2) is 4.79 Å². The molecule has 2 aromatic rings. The lowest BCUT2D eigenvalue weighted by Gasteiger charge is -2.08. The predicted molar refractivity (Wildman–Crippen MR) is 81.5 cm³/mol. The van der Waals surface area contributed by atoms with E-state index in [0.29, 0.717) is 24.1 Å². The molecular weight excluding hydrogens is 327 g/mol. The molecule has 1 heterocycles. The summed E-state index contributed by atoms with van der Waals surface area (Å²) in [5, 5.41) is 9.13.